The van der Waals surface area contributed by atoms with Crippen LogP contribution in [0.25, 0.3) is 0 Å². The Labute approximate surface area is 59.9 Å². The first kappa shape index (κ1) is 6.58. The summed E-state index contributed by atoms with van der Waals surface area (Å²) < 4.78 is 10.6. The summed E-state index contributed by atoms with van der Waals surface area (Å²) in [5.41, 5.74) is -0.565. The zero-order valence-corrected chi connectivity index (χ0v) is 6.04. The highest BCUT2D eigenvalue weighted by Gasteiger charge is 2.41. The second-order valence-electron chi connectivity index (χ2n) is 3.43. The Hall–Kier alpha value is -0.120. The molecule has 2 aliphatic heterocycles. The first-order chi connectivity index (χ1) is 4.66. The van der Waals surface area contributed by atoms with Gasteiger partial charge in [0.2, 0.25) is 0 Å². The topological polar surface area (TPSA) is 38.7 Å². The summed E-state index contributed by atoms with van der Waals surface area (Å²) in [4.78, 5) is 0. The van der Waals surface area contributed by atoms with Crippen LogP contribution in [0.15, 0.2) is 0 Å². The zero-order chi connectivity index (χ0) is 7.19. The molecule has 3 nitrogen and oxygen atoms in total. The van der Waals surface area contributed by atoms with Crippen molar-refractivity contribution in [2.24, 2.45) is 0 Å². The van der Waals surface area contributed by atoms with E-state index in [1.165, 1.54) is 0 Å². The molecule has 3 heteroatoms. The van der Waals surface area contributed by atoms with Crippen molar-refractivity contribution in [3.05, 3.63) is 0 Å². The van der Waals surface area contributed by atoms with Crippen molar-refractivity contribution < 1.29 is 14.6 Å². The highest BCUT2D eigenvalue weighted by molar-refractivity contribution is 4.86. The van der Waals surface area contributed by atoms with Gasteiger partial charge in [0.15, 0.2) is 6.29 Å². The predicted octanol–water partition coefficient (Wildman–Crippen LogP) is 0.273. The third-order valence-electron chi connectivity index (χ3n) is 2.09. The van der Waals surface area contributed by atoms with Crippen LogP contribution in [0.4, 0.5) is 0 Å². The lowest BCUT2D eigenvalue weighted by molar-refractivity contribution is -0.149. The fourth-order valence-electron chi connectivity index (χ4n) is 1.65. The van der Waals surface area contributed by atoms with Gasteiger partial charge in [-0.3, -0.25) is 0 Å². The minimum atomic E-state index is -0.565. The van der Waals surface area contributed by atoms with Crippen molar-refractivity contribution in [1.82, 2.24) is 0 Å². The van der Waals surface area contributed by atoms with Gasteiger partial charge < -0.3 is 14.6 Å². The van der Waals surface area contributed by atoms with Crippen LogP contribution in [0.2, 0.25) is 0 Å². The van der Waals surface area contributed by atoms with E-state index in [0.29, 0.717) is 19.4 Å². The van der Waals surface area contributed by atoms with E-state index in [4.69, 9.17) is 9.47 Å². The van der Waals surface area contributed by atoms with E-state index in [0.717, 1.165) is 0 Å². The van der Waals surface area contributed by atoms with Gasteiger partial charge in [0.05, 0.1) is 18.3 Å². The summed E-state index contributed by atoms with van der Waals surface area (Å²) >= 11 is 0. The minimum absolute atomic E-state index is 0.133. The Morgan fingerprint density at radius 1 is 1.50 bits per heavy atom. The molecule has 0 aromatic carbocycles. The van der Waals surface area contributed by atoms with Crippen LogP contribution in [0.3, 0.4) is 0 Å². The van der Waals surface area contributed by atoms with E-state index in [9.17, 15) is 5.11 Å². The molecule has 2 aliphatic rings. The predicted molar refractivity (Wildman–Crippen MR) is 34.5 cm³/mol. The molecule has 2 rings (SSSR count). The van der Waals surface area contributed by atoms with E-state index < -0.39 is 5.60 Å². The summed E-state index contributed by atoms with van der Waals surface area (Å²) in [5.74, 6) is 0. The van der Waals surface area contributed by atoms with Gasteiger partial charge in [-0.05, 0) is 6.92 Å². The molecule has 0 aromatic rings. The van der Waals surface area contributed by atoms with Gasteiger partial charge in [-0.15, -0.1) is 0 Å². The van der Waals surface area contributed by atoms with Gasteiger partial charge in [-0.1, -0.05) is 0 Å². The molecule has 2 saturated heterocycles. The molecule has 1 N–H and O–H groups in total. The SMILES string of the molecule is CC1(O)CC2COC(C1)O2. The van der Waals surface area contributed by atoms with E-state index in [1.807, 2.05) is 6.92 Å². The minimum Gasteiger partial charge on any atom is -0.390 e. The normalized spacial score (nSPS) is 53.4. The maximum Gasteiger partial charge on any atom is 0.160 e. The number of rotatable bonds is 0. The molecule has 0 amide bonds. The quantitative estimate of drug-likeness (QED) is 0.530. The molecule has 0 saturated carbocycles. The zero-order valence-electron chi connectivity index (χ0n) is 6.04. The summed E-state index contributed by atoms with van der Waals surface area (Å²) in [6.45, 7) is 2.49. The summed E-state index contributed by atoms with van der Waals surface area (Å²) in [5, 5.41) is 9.60. The largest absolute Gasteiger partial charge is 0.390 e. The number of hydrogen-bond acceptors (Lipinski definition) is 3. The second-order valence-corrected chi connectivity index (χ2v) is 3.43. The summed E-state index contributed by atoms with van der Waals surface area (Å²) in [6, 6.07) is 0. The second kappa shape index (κ2) is 1.94. The molecule has 0 spiro atoms. The van der Waals surface area contributed by atoms with Crippen LogP contribution in [0.5, 0.6) is 0 Å². The van der Waals surface area contributed by atoms with Gasteiger partial charge in [-0.25, -0.2) is 0 Å². The lowest BCUT2D eigenvalue weighted by atomic mass is 9.93. The van der Waals surface area contributed by atoms with Crippen LogP contribution in [0.1, 0.15) is 19.8 Å². The van der Waals surface area contributed by atoms with Crippen LogP contribution in [-0.2, 0) is 9.47 Å². The van der Waals surface area contributed by atoms with Crippen molar-refractivity contribution in [3.63, 3.8) is 0 Å². The third kappa shape index (κ3) is 1.05. The van der Waals surface area contributed by atoms with Crippen LogP contribution in [-0.4, -0.2) is 29.7 Å². The molecule has 2 heterocycles. The number of aliphatic hydroxyl groups is 1. The molecule has 10 heavy (non-hydrogen) atoms. The highest BCUT2D eigenvalue weighted by Crippen LogP contribution is 2.33. The van der Waals surface area contributed by atoms with Crippen LogP contribution >= 0.6 is 0 Å². The Morgan fingerprint density at radius 2 is 2.30 bits per heavy atom. The molecule has 3 atom stereocenters. The van der Waals surface area contributed by atoms with Crippen molar-refractivity contribution in [2.45, 2.75) is 37.8 Å². The lowest BCUT2D eigenvalue weighted by Gasteiger charge is -2.31. The highest BCUT2D eigenvalue weighted by atomic mass is 16.7. The Morgan fingerprint density at radius 3 is 3.00 bits per heavy atom. The number of fused-ring (bicyclic) bond motifs is 2. The third-order valence-corrected chi connectivity index (χ3v) is 2.09. The molecule has 3 unspecified atom stereocenters. The Bertz CT molecular complexity index is 130. The number of ether oxygens (including phenoxy) is 2. The van der Waals surface area contributed by atoms with Crippen molar-refractivity contribution in [1.29, 1.82) is 0 Å². The molecular weight excluding hydrogens is 132 g/mol. The van der Waals surface area contributed by atoms with E-state index in [-0.39, 0.29) is 12.4 Å². The molecule has 2 fully saturated rings. The van der Waals surface area contributed by atoms with E-state index >= 15 is 0 Å². The van der Waals surface area contributed by atoms with Crippen molar-refractivity contribution >= 4 is 0 Å². The monoisotopic (exact) mass is 144 g/mol. The molecule has 2 bridgehead atoms. The Kier molecular flexibility index (Phi) is 1.27. The van der Waals surface area contributed by atoms with Gasteiger partial charge in [0.25, 0.3) is 0 Å². The summed E-state index contributed by atoms with van der Waals surface area (Å²) in [6.07, 6.45) is 1.31. The smallest absolute Gasteiger partial charge is 0.160 e. The maximum atomic E-state index is 9.60. The van der Waals surface area contributed by atoms with Crippen LogP contribution < -0.4 is 0 Å². The fraction of sp³-hybridized carbons (Fsp3) is 1.00. The van der Waals surface area contributed by atoms with Gasteiger partial charge in [0, 0.05) is 12.8 Å². The maximum absolute atomic E-state index is 9.60. The Balaban J connectivity index is 2.09. The van der Waals surface area contributed by atoms with Gasteiger partial charge in [0.1, 0.15) is 0 Å². The van der Waals surface area contributed by atoms with Gasteiger partial charge in [-0.2, -0.15) is 0 Å². The van der Waals surface area contributed by atoms with Crippen molar-refractivity contribution in [3.8, 4) is 0 Å². The average Bonchev–Trinajstić information content (AvgIpc) is 2.08. The molecular formula is C7H12O3. The van der Waals surface area contributed by atoms with E-state index in [1.54, 1.807) is 0 Å². The number of hydrogen-bond donors (Lipinski definition) is 1. The fourth-order valence-corrected chi connectivity index (χ4v) is 1.65. The van der Waals surface area contributed by atoms with Crippen LogP contribution in [0, 0.1) is 0 Å². The first-order valence-corrected chi connectivity index (χ1v) is 3.65. The summed E-state index contributed by atoms with van der Waals surface area (Å²) in [7, 11) is 0. The molecule has 0 aromatic heterocycles. The molecule has 0 aliphatic carbocycles. The first-order valence-electron chi connectivity index (χ1n) is 3.65. The molecule has 0 radical (unpaired) electrons. The lowest BCUT2D eigenvalue weighted by Crippen LogP contribution is -2.38. The van der Waals surface area contributed by atoms with Crippen molar-refractivity contribution in [2.75, 3.05) is 6.61 Å². The average molecular weight is 144 g/mol. The molecule has 58 valence electrons. The standard InChI is InChI=1S/C7H12O3/c1-7(8)2-5-4-9-6(3-7)10-5/h5-6,8H,2-4H2,1H3. The van der Waals surface area contributed by atoms with Gasteiger partial charge >= 0.3 is 0 Å². The van der Waals surface area contributed by atoms with E-state index in [2.05, 4.69) is 0 Å².